The molecule has 1 heterocycles. The number of thioether (sulfide) groups is 1. The van der Waals surface area contributed by atoms with Gasteiger partial charge < -0.3 is 10.5 Å². The maximum atomic E-state index is 5.82. The zero-order valence-corrected chi connectivity index (χ0v) is 12.7. The van der Waals surface area contributed by atoms with Crippen molar-refractivity contribution in [2.45, 2.75) is 30.9 Å². The molecule has 1 aromatic carbocycles. The fourth-order valence-corrected chi connectivity index (χ4v) is 3.91. The van der Waals surface area contributed by atoms with Crippen molar-refractivity contribution in [2.75, 3.05) is 26.2 Å². The highest BCUT2D eigenvalue weighted by Gasteiger charge is 2.21. The minimum absolute atomic E-state index is 0.565. The summed E-state index contributed by atoms with van der Waals surface area (Å²) in [7, 11) is 0. The van der Waals surface area contributed by atoms with Crippen LogP contribution in [0.25, 0.3) is 0 Å². The molecule has 0 bridgehead atoms. The summed E-state index contributed by atoms with van der Waals surface area (Å²) >= 11 is 2.08. The Morgan fingerprint density at radius 1 is 1.32 bits per heavy atom. The van der Waals surface area contributed by atoms with E-state index < -0.39 is 0 Å². The summed E-state index contributed by atoms with van der Waals surface area (Å²) in [5.74, 6) is 0.926. The third-order valence-corrected chi connectivity index (χ3v) is 4.53. The summed E-state index contributed by atoms with van der Waals surface area (Å²) in [5.41, 5.74) is 6.75. The molecule has 0 spiro atoms. The van der Waals surface area contributed by atoms with Gasteiger partial charge in [0, 0.05) is 36.7 Å². The molecule has 1 fully saturated rings. The van der Waals surface area contributed by atoms with Gasteiger partial charge in [-0.1, -0.05) is 26.0 Å². The van der Waals surface area contributed by atoms with Crippen LogP contribution in [0.15, 0.2) is 24.3 Å². The Hall–Kier alpha value is -0.710. The van der Waals surface area contributed by atoms with Gasteiger partial charge in [-0.05, 0) is 17.7 Å². The summed E-state index contributed by atoms with van der Waals surface area (Å²) in [5, 5.41) is 1.45. The van der Waals surface area contributed by atoms with Crippen molar-refractivity contribution >= 4 is 11.8 Å². The number of benzene rings is 1. The standard InChI is InChI=1S/C15H24N2OS/c1-12-10-17(11-13(2)19-12)6-7-18-15-5-3-4-14(8-15)9-16/h3-5,8,12-13H,6-7,9-11,16H2,1-2H3. The molecule has 2 N–H and O–H groups in total. The molecule has 2 rings (SSSR count). The van der Waals surface area contributed by atoms with E-state index in [1.165, 1.54) is 13.1 Å². The largest absolute Gasteiger partial charge is 0.492 e. The van der Waals surface area contributed by atoms with Crippen LogP contribution in [0, 0.1) is 0 Å². The van der Waals surface area contributed by atoms with Crippen LogP contribution < -0.4 is 10.5 Å². The summed E-state index contributed by atoms with van der Waals surface area (Å²) < 4.78 is 5.82. The molecule has 0 radical (unpaired) electrons. The fraction of sp³-hybridized carbons (Fsp3) is 0.600. The Morgan fingerprint density at radius 3 is 2.74 bits per heavy atom. The molecule has 106 valence electrons. The first-order valence-electron chi connectivity index (χ1n) is 6.97. The predicted molar refractivity (Wildman–Crippen MR) is 82.8 cm³/mol. The third-order valence-electron chi connectivity index (χ3n) is 3.31. The topological polar surface area (TPSA) is 38.5 Å². The van der Waals surface area contributed by atoms with Crippen molar-refractivity contribution in [3.63, 3.8) is 0 Å². The molecule has 0 aliphatic carbocycles. The van der Waals surface area contributed by atoms with E-state index in [9.17, 15) is 0 Å². The fourth-order valence-electron chi connectivity index (χ4n) is 2.52. The van der Waals surface area contributed by atoms with Gasteiger partial charge in [-0.3, -0.25) is 4.90 Å². The monoisotopic (exact) mass is 280 g/mol. The van der Waals surface area contributed by atoms with Gasteiger partial charge in [-0.2, -0.15) is 11.8 Å². The Bertz CT molecular complexity index is 389. The zero-order valence-electron chi connectivity index (χ0n) is 11.8. The molecule has 1 aliphatic heterocycles. The highest BCUT2D eigenvalue weighted by atomic mass is 32.2. The van der Waals surface area contributed by atoms with E-state index in [0.29, 0.717) is 6.54 Å². The average molecular weight is 280 g/mol. The van der Waals surface area contributed by atoms with Crippen molar-refractivity contribution in [1.82, 2.24) is 4.90 Å². The van der Waals surface area contributed by atoms with Crippen molar-refractivity contribution in [3.8, 4) is 5.75 Å². The molecule has 19 heavy (non-hydrogen) atoms. The smallest absolute Gasteiger partial charge is 0.119 e. The quantitative estimate of drug-likeness (QED) is 0.898. The Morgan fingerprint density at radius 2 is 2.05 bits per heavy atom. The second-order valence-electron chi connectivity index (χ2n) is 5.22. The third kappa shape index (κ3) is 4.71. The summed E-state index contributed by atoms with van der Waals surface area (Å²) in [6, 6.07) is 8.05. The van der Waals surface area contributed by atoms with Crippen molar-refractivity contribution in [1.29, 1.82) is 0 Å². The number of nitrogens with zero attached hydrogens (tertiary/aromatic N) is 1. The minimum Gasteiger partial charge on any atom is -0.492 e. The first kappa shape index (κ1) is 14.7. The van der Waals surface area contributed by atoms with Gasteiger partial charge in [-0.15, -0.1) is 0 Å². The van der Waals surface area contributed by atoms with Gasteiger partial charge in [0.1, 0.15) is 12.4 Å². The van der Waals surface area contributed by atoms with Crippen LogP contribution in [-0.4, -0.2) is 41.6 Å². The van der Waals surface area contributed by atoms with Gasteiger partial charge >= 0.3 is 0 Å². The lowest BCUT2D eigenvalue weighted by atomic mass is 10.2. The molecular weight excluding hydrogens is 256 g/mol. The van der Waals surface area contributed by atoms with Gasteiger partial charge in [0.2, 0.25) is 0 Å². The molecule has 1 aliphatic rings. The van der Waals surface area contributed by atoms with Crippen LogP contribution >= 0.6 is 11.8 Å². The molecule has 0 amide bonds. The Kier molecular flexibility index (Phi) is 5.55. The van der Waals surface area contributed by atoms with Crippen LogP contribution in [-0.2, 0) is 6.54 Å². The van der Waals surface area contributed by atoms with E-state index in [2.05, 4.69) is 30.5 Å². The number of nitrogens with two attached hydrogens (primary N) is 1. The van der Waals surface area contributed by atoms with E-state index in [0.717, 1.165) is 35.0 Å². The molecule has 2 unspecified atom stereocenters. The lowest BCUT2D eigenvalue weighted by Crippen LogP contribution is -2.42. The maximum absolute atomic E-state index is 5.82. The summed E-state index contributed by atoms with van der Waals surface area (Å²) in [6.07, 6.45) is 0. The first-order chi connectivity index (χ1) is 9.17. The Labute approximate surface area is 120 Å². The highest BCUT2D eigenvalue weighted by molar-refractivity contribution is 8.00. The number of hydrogen-bond acceptors (Lipinski definition) is 4. The number of rotatable bonds is 5. The van der Waals surface area contributed by atoms with Crippen molar-refractivity contribution in [3.05, 3.63) is 29.8 Å². The molecule has 3 nitrogen and oxygen atoms in total. The van der Waals surface area contributed by atoms with Crippen LogP contribution in [0.3, 0.4) is 0 Å². The molecular formula is C15H24N2OS. The van der Waals surface area contributed by atoms with Crippen molar-refractivity contribution in [2.24, 2.45) is 5.73 Å². The minimum atomic E-state index is 0.565. The molecule has 0 saturated carbocycles. The average Bonchev–Trinajstić information content (AvgIpc) is 2.38. The second kappa shape index (κ2) is 7.17. The number of ether oxygens (including phenoxy) is 1. The summed E-state index contributed by atoms with van der Waals surface area (Å²) in [6.45, 7) is 9.26. The van der Waals surface area contributed by atoms with E-state index in [1.807, 2.05) is 24.3 Å². The van der Waals surface area contributed by atoms with Crippen LogP contribution in [0.4, 0.5) is 0 Å². The SMILES string of the molecule is CC1CN(CCOc2cccc(CN)c2)CC(C)S1. The van der Waals surface area contributed by atoms with Gasteiger partial charge in [-0.25, -0.2) is 0 Å². The predicted octanol–water partition coefficient (Wildman–Crippen LogP) is 2.35. The highest BCUT2D eigenvalue weighted by Crippen LogP contribution is 2.24. The van der Waals surface area contributed by atoms with Gasteiger partial charge in [0.05, 0.1) is 0 Å². The van der Waals surface area contributed by atoms with Crippen molar-refractivity contribution < 1.29 is 4.74 Å². The molecule has 1 aromatic rings. The van der Waals surface area contributed by atoms with E-state index >= 15 is 0 Å². The van der Waals surface area contributed by atoms with E-state index in [4.69, 9.17) is 10.5 Å². The van der Waals surface area contributed by atoms with Crippen LogP contribution in [0.5, 0.6) is 5.75 Å². The molecule has 0 aromatic heterocycles. The van der Waals surface area contributed by atoms with E-state index in [1.54, 1.807) is 0 Å². The molecule has 2 atom stereocenters. The first-order valence-corrected chi connectivity index (χ1v) is 7.91. The second-order valence-corrected chi connectivity index (χ2v) is 7.10. The lowest BCUT2D eigenvalue weighted by Gasteiger charge is -2.34. The zero-order chi connectivity index (χ0) is 13.7. The normalized spacial score (nSPS) is 24.4. The molecule has 1 saturated heterocycles. The van der Waals surface area contributed by atoms with Crippen LogP contribution in [0.1, 0.15) is 19.4 Å². The van der Waals surface area contributed by atoms with Crippen LogP contribution in [0.2, 0.25) is 0 Å². The van der Waals surface area contributed by atoms with E-state index in [-0.39, 0.29) is 0 Å². The van der Waals surface area contributed by atoms with Gasteiger partial charge in [0.25, 0.3) is 0 Å². The van der Waals surface area contributed by atoms with Gasteiger partial charge in [0.15, 0.2) is 0 Å². The maximum Gasteiger partial charge on any atom is 0.119 e. The Balaban J connectivity index is 1.76. The lowest BCUT2D eigenvalue weighted by molar-refractivity contribution is 0.207. The summed E-state index contributed by atoms with van der Waals surface area (Å²) in [4.78, 5) is 2.50. The number of hydrogen-bond donors (Lipinski definition) is 1. The molecule has 4 heteroatoms.